The van der Waals surface area contributed by atoms with Gasteiger partial charge in [-0.15, -0.1) is 0 Å². The highest BCUT2D eigenvalue weighted by atomic mass is 35.5. The largest absolute Gasteiger partial charge is 0.458 e. The molecule has 2 aromatic heterocycles. The van der Waals surface area contributed by atoms with Crippen LogP contribution in [-0.4, -0.2) is 6.71 Å². The molecule has 0 atom stereocenters. The van der Waals surface area contributed by atoms with Gasteiger partial charge in [-0.2, -0.15) is 0 Å². The smallest absolute Gasteiger partial charge is 0.256 e. The topological polar surface area (TPSA) is 38.8 Å². The standard InChI is InChI=1S/C61H37BClNO3/c1-36-11-9-14-42(29-36)45-18-10-17-44(37-12-3-2-4-13-37)61(45)64-52-27-23-38(40-21-25-48-46-15-5-7-19-54(46)65-57(48)32-40)30-50(52)62-51-31-39(24-28-56(51)67-59-35-43(63)34-53(64)60(59)62)41-22-26-49-47-16-6-8-20-55(47)66-58(49)33-41/h2-35H,1H3. The van der Waals surface area contributed by atoms with Crippen molar-refractivity contribution in [2.24, 2.45) is 0 Å². The molecule has 67 heavy (non-hydrogen) atoms. The first-order chi connectivity index (χ1) is 33.0. The van der Waals surface area contributed by atoms with Crippen molar-refractivity contribution in [3.8, 4) is 56.0 Å². The fourth-order valence-electron chi connectivity index (χ4n) is 10.8. The van der Waals surface area contributed by atoms with E-state index in [9.17, 15) is 0 Å². The van der Waals surface area contributed by atoms with E-state index in [0.29, 0.717) is 5.02 Å². The fraction of sp³-hybridized carbons (Fsp3) is 0.0164. The zero-order valence-corrected chi connectivity index (χ0v) is 37.0. The van der Waals surface area contributed by atoms with Gasteiger partial charge in [-0.25, -0.2) is 0 Å². The number of hydrogen-bond acceptors (Lipinski definition) is 4. The lowest BCUT2D eigenvalue weighted by atomic mass is 9.34. The van der Waals surface area contributed by atoms with E-state index < -0.39 is 0 Å². The second kappa shape index (κ2) is 14.6. The normalized spacial score (nSPS) is 12.7. The van der Waals surface area contributed by atoms with Gasteiger partial charge in [-0.1, -0.05) is 163 Å². The van der Waals surface area contributed by atoms with Crippen LogP contribution in [0.4, 0.5) is 17.1 Å². The number of hydrogen-bond donors (Lipinski definition) is 0. The SMILES string of the molecule is Cc1cccc(-c2cccc(-c3ccccc3)c2N2c3ccc(-c4ccc5c(c4)oc4ccccc45)cc3B3c4cc(-c5ccc6c(c5)oc5ccccc56)ccc4Oc4cc(Cl)cc2c43)c1. The lowest BCUT2D eigenvalue weighted by Gasteiger charge is -2.41. The summed E-state index contributed by atoms with van der Waals surface area (Å²) < 4.78 is 19.8. The summed E-state index contributed by atoms with van der Waals surface area (Å²) in [5.74, 6) is 1.55. The summed E-state index contributed by atoms with van der Waals surface area (Å²) in [5, 5.41) is 5.04. The Labute approximate surface area is 391 Å². The van der Waals surface area contributed by atoms with E-state index in [4.69, 9.17) is 25.2 Å². The van der Waals surface area contributed by atoms with Gasteiger partial charge in [0.15, 0.2) is 0 Å². The van der Waals surface area contributed by atoms with Crippen molar-refractivity contribution < 1.29 is 13.6 Å². The zero-order chi connectivity index (χ0) is 44.3. The van der Waals surface area contributed by atoms with Gasteiger partial charge in [0.1, 0.15) is 33.8 Å². The van der Waals surface area contributed by atoms with Gasteiger partial charge in [0.2, 0.25) is 0 Å². The number of benzene rings is 10. The van der Waals surface area contributed by atoms with Crippen molar-refractivity contribution in [3.63, 3.8) is 0 Å². The van der Waals surface area contributed by atoms with Crippen LogP contribution in [-0.2, 0) is 0 Å². The third-order valence-electron chi connectivity index (χ3n) is 13.8. The molecule has 2 aliphatic heterocycles. The Hall–Kier alpha value is -8.25. The lowest BCUT2D eigenvalue weighted by molar-refractivity contribution is 0.487. The van der Waals surface area contributed by atoms with Gasteiger partial charge in [-0.05, 0) is 117 Å². The molecule has 10 aromatic carbocycles. The lowest BCUT2D eigenvalue weighted by Crippen LogP contribution is -2.59. The van der Waals surface area contributed by atoms with E-state index in [0.717, 1.165) is 133 Å². The van der Waals surface area contributed by atoms with Crippen LogP contribution in [0.2, 0.25) is 5.02 Å². The highest BCUT2D eigenvalue weighted by molar-refractivity contribution is 6.99. The van der Waals surface area contributed by atoms with E-state index in [1.54, 1.807) is 0 Å². The predicted molar refractivity (Wildman–Crippen MR) is 278 cm³/mol. The first kappa shape index (κ1) is 38.1. The van der Waals surface area contributed by atoms with Crippen LogP contribution in [0.25, 0.3) is 88.4 Å². The molecule has 0 radical (unpaired) electrons. The molecule has 0 saturated carbocycles. The highest BCUT2D eigenvalue weighted by Gasteiger charge is 2.43. The van der Waals surface area contributed by atoms with Crippen molar-refractivity contribution in [1.82, 2.24) is 0 Å². The fourth-order valence-corrected chi connectivity index (χ4v) is 11.0. The van der Waals surface area contributed by atoms with E-state index in [-0.39, 0.29) is 6.71 Å². The van der Waals surface area contributed by atoms with Crippen molar-refractivity contribution in [2.75, 3.05) is 4.90 Å². The molecule has 0 amide bonds. The molecule has 0 N–H and O–H groups in total. The minimum absolute atomic E-state index is 0.201. The first-order valence-electron chi connectivity index (χ1n) is 22.7. The van der Waals surface area contributed by atoms with Crippen LogP contribution in [0, 0.1) is 6.92 Å². The molecular weight excluding hydrogens is 841 g/mol. The molecular formula is C61H37BClNO3. The maximum absolute atomic E-state index is 7.21. The van der Waals surface area contributed by atoms with Gasteiger partial charge in [-0.3, -0.25) is 0 Å². The van der Waals surface area contributed by atoms with Crippen LogP contribution < -0.4 is 26.0 Å². The molecule has 6 heteroatoms. The molecule has 2 aliphatic rings. The van der Waals surface area contributed by atoms with Gasteiger partial charge in [0, 0.05) is 49.1 Å². The molecule has 0 bridgehead atoms. The second-order valence-electron chi connectivity index (χ2n) is 17.8. The minimum Gasteiger partial charge on any atom is -0.458 e. The Morgan fingerprint density at radius 3 is 1.67 bits per heavy atom. The summed E-state index contributed by atoms with van der Waals surface area (Å²) in [4.78, 5) is 2.44. The van der Waals surface area contributed by atoms with Gasteiger partial charge in [0.25, 0.3) is 6.71 Å². The first-order valence-corrected chi connectivity index (χ1v) is 23.1. The second-order valence-corrected chi connectivity index (χ2v) is 18.2. The van der Waals surface area contributed by atoms with E-state index >= 15 is 0 Å². The average Bonchev–Trinajstić information content (AvgIpc) is 3.94. The van der Waals surface area contributed by atoms with E-state index in [1.165, 1.54) is 5.56 Å². The predicted octanol–water partition coefficient (Wildman–Crippen LogP) is 15.5. The van der Waals surface area contributed by atoms with Crippen LogP contribution in [0.3, 0.4) is 0 Å². The van der Waals surface area contributed by atoms with Gasteiger partial charge >= 0.3 is 0 Å². The van der Waals surface area contributed by atoms with Crippen LogP contribution in [0.5, 0.6) is 11.5 Å². The summed E-state index contributed by atoms with van der Waals surface area (Å²) in [6, 6.07) is 73.3. The number of para-hydroxylation sites is 3. The Morgan fingerprint density at radius 2 is 0.970 bits per heavy atom. The monoisotopic (exact) mass is 877 g/mol. The van der Waals surface area contributed by atoms with E-state index in [2.05, 4.69) is 188 Å². The number of rotatable bonds is 5. The average molecular weight is 878 g/mol. The van der Waals surface area contributed by atoms with Crippen LogP contribution in [0.15, 0.2) is 215 Å². The maximum atomic E-state index is 7.21. The number of ether oxygens (including phenoxy) is 1. The van der Waals surface area contributed by atoms with Gasteiger partial charge in [0.05, 0.1) is 5.69 Å². The zero-order valence-electron chi connectivity index (χ0n) is 36.3. The molecule has 12 aromatic rings. The van der Waals surface area contributed by atoms with Crippen molar-refractivity contribution in [3.05, 3.63) is 217 Å². The summed E-state index contributed by atoms with van der Waals surface area (Å²) in [7, 11) is 0. The molecule has 314 valence electrons. The van der Waals surface area contributed by atoms with Gasteiger partial charge < -0.3 is 18.5 Å². The summed E-state index contributed by atoms with van der Waals surface area (Å²) in [6.07, 6.45) is 0. The van der Waals surface area contributed by atoms with E-state index in [1.807, 2.05) is 30.3 Å². The number of aryl methyl sites for hydroxylation is 1. The molecule has 0 fully saturated rings. The summed E-state index contributed by atoms with van der Waals surface area (Å²) >= 11 is 7.21. The Bertz CT molecular complexity index is 4020. The minimum atomic E-state index is -0.201. The molecule has 0 spiro atoms. The molecule has 0 aliphatic carbocycles. The number of fused-ring (bicyclic) bond motifs is 10. The third kappa shape index (κ3) is 5.95. The molecule has 14 rings (SSSR count). The van der Waals surface area contributed by atoms with Crippen molar-refractivity contribution in [2.45, 2.75) is 6.92 Å². The number of nitrogens with zero attached hydrogens (tertiary/aromatic N) is 1. The summed E-state index contributed by atoms with van der Waals surface area (Å²) in [6.45, 7) is 1.95. The number of halogens is 1. The Morgan fingerprint density at radius 1 is 0.403 bits per heavy atom. The molecule has 0 saturated heterocycles. The third-order valence-corrected chi connectivity index (χ3v) is 14.1. The number of anilines is 3. The van der Waals surface area contributed by atoms with Crippen molar-refractivity contribution >= 4 is 95.6 Å². The Balaban J connectivity index is 1.03. The van der Waals surface area contributed by atoms with Crippen molar-refractivity contribution in [1.29, 1.82) is 0 Å². The molecule has 4 heterocycles. The molecule has 4 nitrogen and oxygen atoms in total. The summed E-state index contributed by atoms with van der Waals surface area (Å²) in [5.41, 5.74) is 19.9. The quantitative estimate of drug-likeness (QED) is 0.162. The highest BCUT2D eigenvalue weighted by Crippen LogP contribution is 2.50. The molecule has 0 unspecified atom stereocenters. The maximum Gasteiger partial charge on any atom is 0.256 e. The number of furan rings is 2. The van der Waals surface area contributed by atoms with Crippen LogP contribution >= 0.6 is 11.6 Å². The van der Waals surface area contributed by atoms with Crippen LogP contribution in [0.1, 0.15) is 5.56 Å². The Kier molecular flexibility index (Phi) is 8.31.